The molecule has 0 bridgehead atoms. The number of anilines is 1. The van der Waals surface area contributed by atoms with Crippen LogP contribution in [0.15, 0.2) is 59.2 Å². The van der Waals surface area contributed by atoms with Gasteiger partial charge >= 0.3 is 0 Å². The van der Waals surface area contributed by atoms with E-state index in [1.165, 1.54) is 30.5 Å². The highest BCUT2D eigenvalue weighted by Gasteiger charge is 2.20. The monoisotopic (exact) mass is 371 g/mol. The number of oxazole rings is 1. The van der Waals surface area contributed by atoms with Gasteiger partial charge in [0, 0.05) is 5.56 Å². The van der Waals surface area contributed by atoms with Crippen LogP contribution >= 0.6 is 0 Å². The number of sulfonamides is 1. The number of hydrogen-bond donors (Lipinski definition) is 0. The Morgan fingerprint density at radius 3 is 2.69 bits per heavy atom. The molecule has 0 saturated heterocycles. The molecule has 3 aromatic rings. The predicted octanol–water partition coefficient (Wildman–Crippen LogP) is 3.32. The highest BCUT2D eigenvalue weighted by Crippen LogP contribution is 2.24. The minimum absolute atomic E-state index is 0.0769. The Kier molecular flexibility index (Phi) is 4.73. The predicted molar refractivity (Wildman–Crippen MR) is 94.1 cm³/mol. The average Bonchev–Trinajstić information content (AvgIpc) is 3.07. The van der Waals surface area contributed by atoms with Crippen molar-refractivity contribution < 1.29 is 17.2 Å². The van der Waals surface area contributed by atoms with Gasteiger partial charge in [-0.3, -0.25) is 4.31 Å². The van der Waals surface area contributed by atoms with Gasteiger partial charge < -0.3 is 4.42 Å². The summed E-state index contributed by atoms with van der Waals surface area (Å²) in [5.74, 6) is -0.230. The van der Waals surface area contributed by atoms with Crippen molar-refractivity contribution in [2.75, 3.05) is 10.6 Å². The Hall–Kier alpha value is -3.18. The summed E-state index contributed by atoms with van der Waals surface area (Å²) >= 11 is 0. The van der Waals surface area contributed by atoms with Crippen molar-refractivity contribution in [1.82, 2.24) is 4.98 Å². The SMILES string of the molecule is CS(=O)(=O)N(Cc1coc(-c2cccc(F)c2)n1)c1cccc(C#N)c1. The Balaban J connectivity index is 1.92. The minimum Gasteiger partial charge on any atom is -0.444 e. The molecule has 0 saturated carbocycles. The van der Waals surface area contributed by atoms with E-state index in [0.29, 0.717) is 22.5 Å². The lowest BCUT2D eigenvalue weighted by atomic mass is 10.2. The lowest BCUT2D eigenvalue weighted by Gasteiger charge is -2.21. The van der Waals surface area contributed by atoms with Crippen LogP contribution in [0.1, 0.15) is 11.3 Å². The first-order valence-corrected chi connectivity index (χ1v) is 9.40. The number of rotatable bonds is 5. The zero-order valence-corrected chi connectivity index (χ0v) is 14.6. The van der Waals surface area contributed by atoms with E-state index in [-0.39, 0.29) is 12.4 Å². The van der Waals surface area contributed by atoms with E-state index in [2.05, 4.69) is 4.98 Å². The van der Waals surface area contributed by atoms with Gasteiger partial charge in [0.25, 0.3) is 0 Å². The molecule has 1 heterocycles. The Morgan fingerprint density at radius 1 is 1.23 bits per heavy atom. The van der Waals surface area contributed by atoms with Gasteiger partial charge in [0.1, 0.15) is 17.8 Å². The lowest BCUT2D eigenvalue weighted by Crippen LogP contribution is -2.29. The van der Waals surface area contributed by atoms with Crippen molar-refractivity contribution in [3.63, 3.8) is 0 Å². The molecule has 0 atom stereocenters. The van der Waals surface area contributed by atoms with Gasteiger partial charge in [-0.1, -0.05) is 12.1 Å². The summed E-state index contributed by atoms with van der Waals surface area (Å²) in [7, 11) is -3.62. The fraction of sp³-hybridized carbons (Fsp3) is 0.111. The molecule has 8 heteroatoms. The van der Waals surface area contributed by atoms with Gasteiger partial charge in [-0.25, -0.2) is 17.8 Å². The maximum absolute atomic E-state index is 13.3. The quantitative estimate of drug-likeness (QED) is 0.687. The third-order valence-corrected chi connectivity index (χ3v) is 4.73. The molecule has 0 unspecified atom stereocenters. The van der Waals surface area contributed by atoms with Crippen LogP contribution in [0, 0.1) is 17.1 Å². The number of benzene rings is 2. The summed E-state index contributed by atoms with van der Waals surface area (Å²) in [6, 6.07) is 14.0. The maximum Gasteiger partial charge on any atom is 0.232 e. The van der Waals surface area contributed by atoms with Crippen molar-refractivity contribution in [3.05, 3.63) is 71.9 Å². The molecule has 3 rings (SSSR count). The third-order valence-electron chi connectivity index (χ3n) is 3.59. The molecular formula is C18H14FN3O3S. The zero-order valence-electron chi connectivity index (χ0n) is 13.8. The van der Waals surface area contributed by atoms with Gasteiger partial charge in [-0.15, -0.1) is 0 Å². The van der Waals surface area contributed by atoms with E-state index >= 15 is 0 Å². The van der Waals surface area contributed by atoms with E-state index in [0.717, 1.165) is 10.6 Å². The molecule has 0 aliphatic rings. The van der Waals surface area contributed by atoms with Gasteiger partial charge in [-0.05, 0) is 36.4 Å². The highest BCUT2D eigenvalue weighted by molar-refractivity contribution is 7.92. The van der Waals surface area contributed by atoms with Gasteiger partial charge in [0.15, 0.2) is 0 Å². The molecule has 0 amide bonds. The number of hydrogen-bond acceptors (Lipinski definition) is 5. The molecule has 0 aliphatic carbocycles. The Bertz CT molecular complexity index is 1090. The Labute approximate surface area is 150 Å². The van der Waals surface area contributed by atoms with Crippen molar-refractivity contribution in [2.24, 2.45) is 0 Å². The molecule has 2 aromatic carbocycles. The number of nitriles is 1. The van der Waals surface area contributed by atoms with Crippen molar-refractivity contribution in [1.29, 1.82) is 5.26 Å². The maximum atomic E-state index is 13.3. The molecule has 1 aromatic heterocycles. The second-order valence-corrected chi connectivity index (χ2v) is 7.49. The van der Waals surface area contributed by atoms with Crippen molar-refractivity contribution >= 4 is 15.7 Å². The van der Waals surface area contributed by atoms with E-state index in [1.54, 1.807) is 24.3 Å². The minimum atomic E-state index is -3.62. The largest absolute Gasteiger partial charge is 0.444 e. The topological polar surface area (TPSA) is 87.2 Å². The van der Waals surface area contributed by atoms with E-state index in [9.17, 15) is 12.8 Å². The van der Waals surface area contributed by atoms with Gasteiger partial charge in [-0.2, -0.15) is 5.26 Å². The van der Waals surface area contributed by atoms with Crippen LogP contribution < -0.4 is 4.31 Å². The number of aromatic nitrogens is 1. The van der Waals surface area contributed by atoms with Gasteiger partial charge in [0.05, 0.1) is 30.1 Å². The lowest BCUT2D eigenvalue weighted by molar-refractivity contribution is 0.570. The molecule has 132 valence electrons. The Morgan fingerprint density at radius 2 is 2.00 bits per heavy atom. The van der Waals surface area contributed by atoms with Crippen molar-refractivity contribution in [3.8, 4) is 17.5 Å². The fourth-order valence-electron chi connectivity index (χ4n) is 2.41. The number of nitrogens with zero attached hydrogens (tertiary/aromatic N) is 3. The summed E-state index contributed by atoms with van der Waals surface area (Å²) in [4.78, 5) is 4.24. The van der Waals surface area contributed by atoms with Crippen LogP contribution in [0.25, 0.3) is 11.5 Å². The van der Waals surface area contributed by atoms with E-state index in [1.807, 2.05) is 6.07 Å². The van der Waals surface area contributed by atoms with Crippen LogP contribution in [0.3, 0.4) is 0 Å². The summed E-state index contributed by atoms with van der Waals surface area (Å²) in [5, 5.41) is 9.01. The standard InChI is InChI=1S/C18H14FN3O3S/c1-26(23,24)22(17-7-2-4-13(8-17)10-20)11-16-12-25-18(21-16)14-5-3-6-15(19)9-14/h2-9,12H,11H2,1H3. The second kappa shape index (κ2) is 6.98. The molecule has 0 spiro atoms. The molecule has 0 radical (unpaired) electrons. The molecule has 0 N–H and O–H groups in total. The first-order chi connectivity index (χ1) is 12.4. The van der Waals surface area contributed by atoms with Gasteiger partial charge in [0.2, 0.25) is 15.9 Å². The van der Waals surface area contributed by atoms with Crippen molar-refractivity contribution in [2.45, 2.75) is 6.54 Å². The molecule has 0 fully saturated rings. The molecule has 26 heavy (non-hydrogen) atoms. The zero-order chi connectivity index (χ0) is 18.7. The van der Waals surface area contributed by atoms with Crippen LogP contribution in [-0.2, 0) is 16.6 Å². The second-order valence-electron chi connectivity index (χ2n) is 5.59. The van der Waals surface area contributed by atoms with E-state index < -0.39 is 15.8 Å². The number of halogens is 1. The summed E-state index contributed by atoms with van der Waals surface area (Å²) in [6.45, 7) is -0.0769. The molecule has 6 nitrogen and oxygen atoms in total. The van der Waals surface area contributed by atoms with Crippen LogP contribution in [0.5, 0.6) is 0 Å². The summed E-state index contributed by atoms with van der Waals surface area (Å²) in [5.41, 5.74) is 1.50. The first kappa shape index (κ1) is 17.6. The third kappa shape index (κ3) is 3.90. The fourth-order valence-corrected chi connectivity index (χ4v) is 3.27. The summed E-state index contributed by atoms with van der Waals surface area (Å²) < 4.78 is 44.2. The van der Waals surface area contributed by atoms with E-state index in [4.69, 9.17) is 9.68 Å². The molecular weight excluding hydrogens is 357 g/mol. The average molecular weight is 371 g/mol. The summed E-state index contributed by atoms with van der Waals surface area (Å²) in [6.07, 6.45) is 2.40. The first-order valence-electron chi connectivity index (χ1n) is 7.55. The van der Waals surface area contributed by atoms with Crippen LogP contribution in [-0.4, -0.2) is 19.7 Å². The normalized spacial score (nSPS) is 11.1. The molecule has 0 aliphatic heterocycles. The highest BCUT2D eigenvalue weighted by atomic mass is 32.2. The van der Waals surface area contributed by atoms with Crippen LogP contribution in [0.4, 0.5) is 10.1 Å². The van der Waals surface area contributed by atoms with Crippen LogP contribution in [0.2, 0.25) is 0 Å². The smallest absolute Gasteiger partial charge is 0.232 e.